The molecule has 0 radical (unpaired) electrons. The van der Waals surface area contributed by atoms with Gasteiger partial charge >= 0.3 is 12.0 Å². The minimum Gasteiger partial charge on any atom is -0.478 e. The first kappa shape index (κ1) is 21.7. The van der Waals surface area contributed by atoms with E-state index in [1.807, 2.05) is 0 Å². The summed E-state index contributed by atoms with van der Waals surface area (Å²) in [4.78, 5) is 49.9. The van der Waals surface area contributed by atoms with Gasteiger partial charge in [-0.25, -0.2) is 18.9 Å². The molecule has 1 aliphatic rings. The van der Waals surface area contributed by atoms with Crippen LogP contribution in [0.15, 0.2) is 60.2 Å². The van der Waals surface area contributed by atoms with Crippen LogP contribution in [0.2, 0.25) is 0 Å². The fraction of sp³-hybridized carbons (Fsp3) is 0.0833. The number of carbonyl (C=O) groups is 4. The number of barbiturate groups is 1. The predicted octanol–water partition coefficient (Wildman–Crippen LogP) is 3.60. The third-order valence-corrected chi connectivity index (χ3v) is 5.31. The van der Waals surface area contributed by atoms with E-state index in [1.54, 1.807) is 36.6 Å². The maximum absolute atomic E-state index is 13.3. The number of amides is 4. The molecule has 33 heavy (non-hydrogen) atoms. The molecule has 0 atom stereocenters. The molecule has 2 heterocycles. The number of aromatic carboxylic acids is 1. The molecule has 8 nitrogen and oxygen atoms in total. The minimum atomic E-state index is -1.06. The van der Waals surface area contributed by atoms with Gasteiger partial charge in [-0.1, -0.05) is 6.07 Å². The van der Waals surface area contributed by atoms with E-state index in [-0.39, 0.29) is 16.8 Å². The summed E-state index contributed by atoms with van der Waals surface area (Å²) in [6.07, 6.45) is 1.38. The van der Waals surface area contributed by atoms with Crippen molar-refractivity contribution in [1.82, 2.24) is 9.88 Å². The van der Waals surface area contributed by atoms with Crippen molar-refractivity contribution >= 4 is 35.6 Å². The van der Waals surface area contributed by atoms with E-state index in [9.17, 15) is 28.7 Å². The second kappa shape index (κ2) is 8.19. The van der Waals surface area contributed by atoms with Gasteiger partial charge in [-0.15, -0.1) is 0 Å². The molecule has 4 amide bonds. The number of hydrogen-bond donors (Lipinski definition) is 2. The zero-order chi connectivity index (χ0) is 23.9. The first-order chi connectivity index (χ1) is 15.7. The molecule has 0 aliphatic carbocycles. The number of hydrogen-bond acceptors (Lipinski definition) is 4. The summed E-state index contributed by atoms with van der Waals surface area (Å²) >= 11 is 0. The van der Waals surface area contributed by atoms with Crippen LogP contribution in [0.25, 0.3) is 11.8 Å². The highest BCUT2D eigenvalue weighted by Gasteiger charge is 2.37. The summed E-state index contributed by atoms with van der Waals surface area (Å²) in [5.41, 5.74) is 2.53. The van der Waals surface area contributed by atoms with E-state index in [0.717, 1.165) is 22.7 Å². The van der Waals surface area contributed by atoms with Crippen molar-refractivity contribution in [3.8, 4) is 5.69 Å². The van der Waals surface area contributed by atoms with Gasteiger partial charge in [0.2, 0.25) is 0 Å². The zero-order valence-electron chi connectivity index (χ0n) is 17.6. The Morgan fingerprint density at radius 3 is 2.36 bits per heavy atom. The summed E-state index contributed by atoms with van der Waals surface area (Å²) in [6, 6.07) is 11.9. The minimum absolute atomic E-state index is 0.119. The number of imide groups is 2. The normalized spacial score (nSPS) is 15.2. The Morgan fingerprint density at radius 2 is 1.70 bits per heavy atom. The molecule has 1 fully saturated rings. The number of halogens is 1. The molecule has 1 saturated heterocycles. The van der Waals surface area contributed by atoms with Gasteiger partial charge in [0.05, 0.1) is 11.3 Å². The average molecular weight is 447 g/mol. The lowest BCUT2D eigenvalue weighted by molar-refractivity contribution is -0.122. The van der Waals surface area contributed by atoms with Crippen LogP contribution in [0.3, 0.4) is 0 Å². The fourth-order valence-electron chi connectivity index (χ4n) is 3.75. The van der Waals surface area contributed by atoms with Gasteiger partial charge in [-0.3, -0.25) is 14.9 Å². The summed E-state index contributed by atoms with van der Waals surface area (Å²) in [7, 11) is 0. The average Bonchev–Trinajstić information content (AvgIpc) is 3.05. The smallest absolute Gasteiger partial charge is 0.335 e. The molecule has 4 rings (SSSR count). The van der Waals surface area contributed by atoms with Crippen molar-refractivity contribution in [3.63, 3.8) is 0 Å². The summed E-state index contributed by atoms with van der Waals surface area (Å²) in [5, 5.41) is 11.4. The molecule has 2 N–H and O–H groups in total. The summed E-state index contributed by atoms with van der Waals surface area (Å²) in [6.45, 7) is 3.57. The zero-order valence-corrected chi connectivity index (χ0v) is 17.6. The van der Waals surface area contributed by atoms with Crippen LogP contribution < -0.4 is 10.2 Å². The summed E-state index contributed by atoms with van der Waals surface area (Å²) in [5.74, 6) is -3.28. The fourth-order valence-corrected chi connectivity index (χ4v) is 3.75. The van der Waals surface area contributed by atoms with E-state index >= 15 is 0 Å². The van der Waals surface area contributed by atoms with Crippen LogP contribution in [0.4, 0.5) is 14.9 Å². The van der Waals surface area contributed by atoms with Gasteiger partial charge in [0, 0.05) is 17.1 Å². The monoisotopic (exact) mass is 447 g/mol. The number of aromatic nitrogens is 1. The van der Waals surface area contributed by atoms with Crippen LogP contribution in [0.5, 0.6) is 0 Å². The van der Waals surface area contributed by atoms with Crippen molar-refractivity contribution in [2.24, 2.45) is 0 Å². The number of nitrogens with one attached hydrogen (secondary N) is 1. The van der Waals surface area contributed by atoms with E-state index in [2.05, 4.69) is 5.32 Å². The number of carboxylic acids is 1. The molecule has 0 spiro atoms. The Hall–Kier alpha value is -4.53. The quantitative estimate of drug-likeness (QED) is 0.469. The number of nitrogens with zero attached hydrogens (tertiary/aromatic N) is 2. The lowest BCUT2D eigenvalue weighted by Crippen LogP contribution is -2.54. The maximum atomic E-state index is 13.3. The second-order valence-electron chi connectivity index (χ2n) is 7.45. The molecule has 0 unspecified atom stereocenters. The maximum Gasteiger partial charge on any atom is 0.335 e. The number of rotatable bonds is 4. The Morgan fingerprint density at radius 1 is 1.00 bits per heavy atom. The third-order valence-electron chi connectivity index (χ3n) is 5.31. The molecule has 0 bridgehead atoms. The number of carboxylic acid groups (broad SMARTS) is 1. The highest BCUT2D eigenvalue weighted by atomic mass is 19.1. The number of aryl methyl sites for hydroxylation is 1. The van der Waals surface area contributed by atoms with Crippen molar-refractivity contribution in [3.05, 3.63) is 88.5 Å². The Labute approximate surface area is 187 Å². The molecule has 1 aromatic heterocycles. The van der Waals surface area contributed by atoms with Gasteiger partial charge in [0.15, 0.2) is 0 Å². The van der Waals surface area contributed by atoms with Gasteiger partial charge in [-0.05, 0) is 74.0 Å². The van der Waals surface area contributed by atoms with Gasteiger partial charge < -0.3 is 9.67 Å². The molecular formula is C24H18FN3O5. The lowest BCUT2D eigenvalue weighted by Gasteiger charge is -2.26. The van der Waals surface area contributed by atoms with Crippen LogP contribution in [-0.2, 0) is 9.59 Å². The van der Waals surface area contributed by atoms with Gasteiger partial charge in [0.25, 0.3) is 11.8 Å². The SMILES string of the molecule is Cc1cc(/C=C2/C(=O)NC(=O)N(c3ccc(F)cc3)C2=O)c(C)n1-c1cccc(C(=O)O)c1. The highest BCUT2D eigenvalue weighted by Crippen LogP contribution is 2.26. The van der Waals surface area contributed by atoms with Crippen molar-refractivity contribution < 1.29 is 28.7 Å². The first-order valence-electron chi connectivity index (χ1n) is 9.87. The number of carbonyl (C=O) groups excluding carboxylic acids is 3. The largest absolute Gasteiger partial charge is 0.478 e. The van der Waals surface area contributed by atoms with E-state index in [0.29, 0.717) is 16.9 Å². The molecule has 166 valence electrons. The standard InChI is InChI=1S/C24H18FN3O5/c1-13-10-16(14(2)27(13)19-5-3-4-15(11-19)23(31)32)12-20-21(29)26-24(33)28(22(20)30)18-8-6-17(25)7-9-18/h3-12H,1-2H3,(H,31,32)(H,26,29,33)/b20-12-. The van der Waals surface area contributed by atoms with E-state index in [1.165, 1.54) is 30.3 Å². The Balaban J connectivity index is 1.76. The van der Waals surface area contributed by atoms with E-state index in [4.69, 9.17) is 0 Å². The lowest BCUT2D eigenvalue weighted by atomic mass is 10.1. The van der Waals surface area contributed by atoms with Crippen molar-refractivity contribution in [2.45, 2.75) is 13.8 Å². The van der Waals surface area contributed by atoms with Crippen molar-refractivity contribution in [1.29, 1.82) is 0 Å². The van der Waals surface area contributed by atoms with Crippen LogP contribution in [0, 0.1) is 19.7 Å². The summed E-state index contributed by atoms with van der Waals surface area (Å²) < 4.78 is 15.1. The molecule has 3 aromatic rings. The molecule has 0 saturated carbocycles. The second-order valence-corrected chi connectivity index (χ2v) is 7.45. The van der Waals surface area contributed by atoms with Crippen LogP contribution in [-0.4, -0.2) is 33.5 Å². The molecular weight excluding hydrogens is 429 g/mol. The molecule has 9 heteroatoms. The number of urea groups is 1. The van der Waals surface area contributed by atoms with Crippen LogP contribution >= 0.6 is 0 Å². The first-order valence-corrected chi connectivity index (χ1v) is 9.87. The Kier molecular flexibility index (Phi) is 5.39. The Bertz CT molecular complexity index is 1350. The van der Waals surface area contributed by atoms with Gasteiger partial charge in [0.1, 0.15) is 11.4 Å². The highest BCUT2D eigenvalue weighted by molar-refractivity contribution is 6.39. The molecule has 2 aromatic carbocycles. The number of benzene rings is 2. The van der Waals surface area contributed by atoms with Gasteiger partial charge in [-0.2, -0.15) is 0 Å². The molecule has 1 aliphatic heterocycles. The topological polar surface area (TPSA) is 109 Å². The van der Waals surface area contributed by atoms with Crippen LogP contribution in [0.1, 0.15) is 27.3 Å². The van der Waals surface area contributed by atoms with Crippen molar-refractivity contribution in [2.75, 3.05) is 4.90 Å². The predicted molar refractivity (Wildman–Crippen MR) is 118 cm³/mol. The number of anilines is 1. The third kappa shape index (κ3) is 3.91. The van der Waals surface area contributed by atoms with E-state index < -0.39 is 29.6 Å².